The van der Waals surface area contributed by atoms with Gasteiger partial charge in [-0.1, -0.05) is 0 Å². The summed E-state index contributed by atoms with van der Waals surface area (Å²) in [4.78, 5) is 22.4. The molecule has 0 radical (unpaired) electrons. The molecule has 19 heavy (non-hydrogen) atoms. The Morgan fingerprint density at radius 2 is 2.11 bits per heavy atom. The summed E-state index contributed by atoms with van der Waals surface area (Å²) in [5, 5.41) is 14.3. The number of phenols is 1. The summed E-state index contributed by atoms with van der Waals surface area (Å²) in [6, 6.07) is 2.74. The molecule has 1 aromatic carbocycles. The molecule has 1 fully saturated rings. The van der Waals surface area contributed by atoms with Crippen LogP contribution in [-0.4, -0.2) is 23.7 Å². The molecule has 0 spiro atoms. The van der Waals surface area contributed by atoms with Crippen LogP contribution < -0.4 is 15.4 Å². The lowest BCUT2D eigenvalue weighted by Crippen LogP contribution is -2.22. The van der Waals surface area contributed by atoms with Crippen molar-refractivity contribution in [3.05, 3.63) is 27.0 Å². The van der Waals surface area contributed by atoms with Gasteiger partial charge in [-0.15, -0.1) is 0 Å². The van der Waals surface area contributed by atoms with Crippen LogP contribution in [0.25, 0.3) is 6.08 Å². The van der Waals surface area contributed by atoms with Gasteiger partial charge in [0.05, 0.1) is 10.2 Å². The third kappa shape index (κ3) is 2.98. The van der Waals surface area contributed by atoms with Crippen molar-refractivity contribution in [2.75, 3.05) is 6.61 Å². The summed E-state index contributed by atoms with van der Waals surface area (Å²) in [7, 11) is 0. The molecule has 0 aromatic heterocycles. The summed E-state index contributed by atoms with van der Waals surface area (Å²) >= 11 is 1.96. The minimum absolute atomic E-state index is 0.0597. The molecule has 1 saturated heterocycles. The highest BCUT2D eigenvalue weighted by Crippen LogP contribution is 2.33. The molecule has 0 aliphatic carbocycles. The molecule has 0 atom stereocenters. The lowest BCUT2D eigenvalue weighted by molar-refractivity contribution is -0.115. The predicted molar refractivity (Wildman–Crippen MR) is 76.6 cm³/mol. The molecule has 0 unspecified atom stereocenters. The highest BCUT2D eigenvalue weighted by atomic mass is 127. The number of benzene rings is 1. The average molecular weight is 374 g/mol. The van der Waals surface area contributed by atoms with E-state index in [9.17, 15) is 14.7 Å². The smallest absolute Gasteiger partial charge is 0.326 e. The fraction of sp³-hybridized carbons (Fsp3) is 0.167. The number of halogens is 1. The third-order valence-corrected chi connectivity index (χ3v) is 3.20. The Bertz CT molecular complexity index is 583. The molecule has 0 saturated carbocycles. The standard InChI is InChI=1S/C12H11IN2O4/c1-2-19-9-5-6(3-7(13)10(9)16)4-8-11(17)15-12(18)14-8/h3-5,16H,2H2,1H3,(H2,14,15,17,18)/b8-4+. The summed E-state index contributed by atoms with van der Waals surface area (Å²) in [5.74, 6) is -0.0819. The van der Waals surface area contributed by atoms with Crippen molar-refractivity contribution in [2.24, 2.45) is 0 Å². The van der Waals surface area contributed by atoms with Crippen LogP contribution in [0, 0.1) is 3.57 Å². The number of phenolic OH excluding ortho intramolecular Hbond substituents is 1. The molecular weight excluding hydrogens is 363 g/mol. The van der Waals surface area contributed by atoms with Crippen molar-refractivity contribution in [3.8, 4) is 11.5 Å². The van der Waals surface area contributed by atoms with Crippen LogP contribution in [0.2, 0.25) is 0 Å². The molecule has 1 aliphatic heterocycles. The van der Waals surface area contributed by atoms with Gasteiger partial charge in [0.1, 0.15) is 5.70 Å². The van der Waals surface area contributed by atoms with Crippen LogP contribution in [0.15, 0.2) is 17.8 Å². The molecule has 0 bridgehead atoms. The van der Waals surface area contributed by atoms with E-state index in [1.165, 1.54) is 6.08 Å². The summed E-state index contributed by atoms with van der Waals surface area (Å²) in [6.45, 7) is 2.23. The van der Waals surface area contributed by atoms with E-state index in [2.05, 4.69) is 10.6 Å². The van der Waals surface area contributed by atoms with Gasteiger partial charge >= 0.3 is 6.03 Å². The van der Waals surface area contributed by atoms with Crippen LogP contribution >= 0.6 is 22.6 Å². The van der Waals surface area contributed by atoms with E-state index in [0.29, 0.717) is 21.5 Å². The van der Waals surface area contributed by atoms with Gasteiger partial charge in [-0.25, -0.2) is 4.79 Å². The van der Waals surface area contributed by atoms with Gasteiger partial charge in [-0.2, -0.15) is 0 Å². The van der Waals surface area contributed by atoms with Gasteiger partial charge in [0.2, 0.25) is 0 Å². The molecular formula is C12H11IN2O4. The minimum Gasteiger partial charge on any atom is -0.504 e. The monoisotopic (exact) mass is 374 g/mol. The first-order valence-electron chi connectivity index (χ1n) is 5.50. The number of nitrogens with one attached hydrogen (secondary N) is 2. The molecule has 1 aliphatic rings. The van der Waals surface area contributed by atoms with Gasteiger partial charge in [-0.3, -0.25) is 10.1 Å². The van der Waals surface area contributed by atoms with Gasteiger partial charge in [0, 0.05) is 0 Å². The van der Waals surface area contributed by atoms with Gasteiger partial charge < -0.3 is 15.2 Å². The van der Waals surface area contributed by atoms with Crippen LogP contribution in [0.3, 0.4) is 0 Å². The molecule has 7 heteroatoms. The van der Waals surface area contributed by atoms with Crippen LogP contribution in [0.1, 0.15) is 12.5 Å². The molecule has 100 valence electrons. The number of urea groups is 1. The van der Waals surface area contributed by atoms with E-state index in [1.54, 1.807) is 12.1 Å². The third-order valence-electron chi connectivity index (χ3n) is 2.38. The van der Waals surface area contributed by atoms with Gasteiger partial charge in [0.15, 0.2) is 11.5 Å². The fourth-order valence-electron chi connectivity index (χ4n) is 1.59. The van der Waals surface area contributed by atoms with Crippen molar-refractivity contribution in [2.45, 2.75) is 6.92 Å². The van der Waals surface area contributed by atoms with Crippen molar-refractivity contribution < 1.29 is 19.4 Å². The second-order valence-electron chi connectivity index (χ2n) is 3.75. The Labute approximate surface area is 123 Å². The molecule has 1 aromatic rings. The predicted octanol–water partition coefficient (Wildman–Crippen LogP) is 1.58. The number of ether oxygens (including phenoxy) is 1. The van der Waals surface area contributed by atoms with E-state index in [1.807, 2.05) is 29.5 Å². The van der Waals surface area contributed by atoms with Gasteiger partial charge in [0.25, 0.3) is 5.91 Å². The van der Waals surface area contributed by atoms with E-state index < -0.39 is 11.9 Å². The number of amides is 3. The second-order valence-corrected chi connectivity index (χ2v) is 4.91. The number of rotatable bonds is 3. The Hall–Kier alpha value is -1.77. The van der Waals surface area contributed by atoms with Crippen LogP contribution in [0.5, 0.6) is 11.5 Å². The fourth-order valence-corrected chi connectivity index (χ4v) is 2.22. The SMILES string of the molecule is CCOc1cc(/C=C2/NC(=O)NC2=O)cc(I)c1O. The van der Waals surface area contributed by atoms with E-state index >= 15 is 0 Å². The number of carbonyl (C=O) groups excluding carboxylic acids is 2. The van der Waals surface area contributed by atoms with Crippen molar-refractivity contribution in [3.63, 3.8) is 0 Å². The zero-order valence-electron chi connectivity index (χ0n) is 9.99. The lowest BCUT2D eigenvalue weighted by Gasteiger charge is -2.08. The van der Waals surface area contributed by atoms with Gasteiger partial charge in [-0.05, 0) is 53.3 Å². The van der Waals surface area contributed by atoms with Crippen LogP contribution in [0.4, 0.5) is 4.79 Å². The van der Waals surface area contributed by atoms with E-state index in [0.717, 1.165) is 0 Å². The molecule has 3 N–H and O–H groups in total. The van der Waals surface area contributed by atoms with Crippen molar-refractivity contribution in [1.82, 2.24) is 10.6 Å². The number of hydrogen-bond donors (Lipinski definition) is 3. The normalized spacial score (nSPS) is 16.4. The highest BCUT2D eigenvalue weighted by molar-refractivity contribution is 14.1. The Balaban J connectivity index is 2.38. The highest BCUT2D eigenvalue weighted by Gasteiger charge is 2.23. The number of imide groups is 1. The summed E-state index contributed by atoms with van der Waals surface area (Å²) < 4.78 is 5.90. The zero-order valence-corrected chi connectivity index (χ0v) is 12.1. The Kier molecular flexibility index (Phi) is 3.93. The maximum Gasteiger partial charge on any atom is 0.326 e. The second kappa shape index (κ2) is 5.47. The summed E-state index contributed by atoms with van der Waals surface area (Å²) in [6.07, 6.45) is 1.52. The first-order chi connectivity index (χ1) is 9.01. The molecule has 3 amide bonds. The topological polar surface area (TPSA) is 87.7 Å². The molecule has 1 heterocycles. The maximum absolute atomic E-state index is 11.4. The van der Waals surface area contributed by atoms with Crippen molar-refractivity contribution >= 4 is 40.6 Å². The Morgan fingerprint density at radius 3 is 2.68 bits per heavy atom. The molecule has 6 nitrogen and oxygen atoms in total. The number of carbonyl (C=O) groups is 2. The van der Waals surface area contributed by atoms with Crippen LogP contribution in [-0.2, 0) is 4.79 Å². The number of hydrogen-bond acceptors (Lipinski definition) is 4. The Morgan fingerprint density at radius 1 is 1.37 bits per heavy atom. The quantitative estimate of drug-likeness (QED) is 0.426. The maximum atomic E-state index is 11.4. The molecule has 2 rings (SSSR count). The lowest BCUT2D eigenvalue weighted by atomic mass is 10.1. The largest absolute Gasteiger partial charge is 0.504 e. The number of aromatic hydroxyl groups is 1. The zero-order chi connectivity index (χ0) is 14.0. The van der Waals surface area contributed by atoms with Crippen molar-refractivity contribution in [1.29, 1.82) is 0 Å². The minimum atomic E-state index is -0.547. The van der Waals surface area contributed by atoms with E-state index in [-0.39, 0.29) is 11.4 Å². The average Bonchev–Trinajstić information content (AvgIpc) is 2.64. The summed E-state index contributed by atoms with van der Waals surface area (Å²) in [5.41, 5.74) is 0.812. The van der Waals surface area contributed by atoms with E-state index in [4.69, 9.17) is 4.74 Å². The first kappa shape index (κ1) is 13.7. The first-order valence-corrected chi connectivity index (χ1v) is 6.58.